The molecule has 2 unspecified atom stereocenters. The monoisotopic (exact) mass is 473 g/mol. The molecule has 1 aliphatic carbocycles. The Kier molecular flexibility index (Phi) is 8.77. The molecule has 2 atom stereocenters. The summed E-state index contributed by atoms with van der Waals surface area (Å²) in [7, 11) is 1.60. The lowest BCUT2D eigenvalue weighted by molar-refractivity contribution is -0.274. The van der Waals surface area contributed by atoms with E-state index < -0.39 is 6.36 Å². The molecular weight excluding hydrogens is 450 g/mol. The summed E-state index contributed by atoms with van der Waals surface area (Å²) in [5, 5.41) is 6.35. The van der Waals surface area contributed by atoms with E-state index in [0.717, 1.165) is 6.42 Å². The molecule has 1 saturated carbocycles. The van der Waals surface area contributed by atoms with E-state index in [-0.39, 0.29) is 41.7 Å². The van der Waals surface area contributed by atoms with Gasteiger partial charge in [0.15, 0.2) is 5.96 Å². The zero-order valence-corrected chi connectivity index (χ0v) is 16.4. The van der Waals surface area contributed by atoms with E-state index in [4.69, 9.17) is 4.74 Å². The van der Waals surface area contributed by atoms with Gasteiger partial charge in [0, 0.05) is 25.6 Å². The number of alkyl halides is 3. The van der Waals surface area contributed by atoms with Crippen LogP contribution in [0, 0.1) is 0 Å². The Labute approximate surface area is 162 Å². The first-order valence-corrected chi connectivity index (χ1v) is 7.83. The summed E-state index contributed by atoms with van der Waals surface area (Å²) in [4.78, 5) is 4.35. The highest BCUT2D eigenvalue weighted by atomic mass is 127. The number of hydrogen-bond donors (Lipinski definition) is 2. The predicted molar refractivity (Wildman–Crippen MR) is 101 cm³/mol. The van der Waals surface area contributed by atoms with Crippen LogP contribution in [0.15, 0.2) is 29.3 Å². The summed E-state index contributed by atoms with van der Waals surface area (Å²) in [6, 6.07) is 6.29. The molecule has 2 N–H and O–H groups in total. The maximum atomic E-state index is 12.5. The molecule has 0 aromatic heterocycles. The number of halogens is 4. The Hall–Kier alpha value is -1.23. The van der Waals surface area contributed by atoms with Crippen molar-refractivity contribution in [1.82, 2.24) is 10.6 Å². The minimum atomic E-state index is -4.69. The average molecular weight is 473 g/mol. The highest BCUT2D eigenvalue weighted by molar-refractivity contribution is 14.0. The fourth-order valence-electron chi connectivity index (χ4n) is 2.45. The number of rotatable bonds is 7. The second kappa shape index (κ2) is 10.0. The van der Waals surface area contributed by atoms with Gasteiger partial charge in [-0.3, -0.25) is 4.99 Å². The van der Waals surface area contributed by atoms with Crippen LogP contribution in [0.4, 0.5) is 13.2 Å². The van der Waals surface area contributed by atoms with Crippen LogP contribution in [-0.4, -0.2) is 45.2 Å². The van der Waals surface area contributed by atoms with Crippen LogP contribution in [0.2, 0.25) is 0 Å². The van der Waals surface area contributed by atoms with Crippen molar-refractivity contribution in [3.05, 3.63) is 29.8 Å². The first-order chi connectivity index (χ1) is 11.4. The molecule has 0 spiro atoms. The molecule has 1 aliphatic rings. The fraction of sp³-hybridized carbons (Fsp3) is 0.562. The van der Waals surface area contributed by atoms with E-state index in [0.29, 0.717) is 31.2 Å². The van der Waals surface area contributed by atoms with Crippen molar-refractivity contribution in [1.29, 1.82) is 0 Å². The van der Waals surface area contributed by atoms with Crippen molar-refractivity contribution in [3.8, 4) is 5.75 Å². The van der Waals surface area contributed by atoms with E-state index >= 15 is 0 Å². The molecule has 0 radical (unpaired) electrons. The lowest BCUT2D eigenvalue weighted by Crippen LogP contribution is -2.39. The van der Waals surface area contributed by atoms with Crippen LogP contribution in [-0.2, 0) is 4.74 Å². The van der Waals surface area contributed by atoms with Crippen LogP contribution in [0.5, 0.6) is 5.75 Å². The summed E-state index contributed by atoms with van der Waals surface area (Å²) >= 11 is 0. The minimum Gasteiger partial charge on any atom is -0.405 e. The molecule has 0 heterocycles. The number of aliphatic imine (C=N–C) groups is 1. The Morgan fingerprint density at radius 1 is 1.32 bits per heavy atom. The van der Waals surface area contributed by atoms with Gasteiger partial charge in [0.25, 0.3) is 0 Å². The van der Waals surface area contributed by atoms with Gasteiger partial charge < -0.3 is 20.1 Å². The molecule has 25 heavy (non-hydrogen) atoms. The van der Waals surface area contributed by atoms with Crippen molar-refractivity contribution in [2.75, 3.05) is 26.8 Å². The third kappa shape index (κ3) is 7.27. The Morgan fingerprint density at radius 3 is 2.68 bits per heavy atom. The number of benzene rings is 1. The maximum Gasteiger partial charge on any atom is 0.573 e. The second-order valence-electron chi connectivity index (χ2n) is 5.43. The molecule has 0 aliphatic heterocycles. The first kappa shape index (κ1) is 21.8. The van der Waals surface area contributed by atoms with Crippen LogP contribution in [0.1, 0.15) is 24.8 Å². The van der Waals surface area contributed by atoms with E-state index in [2.05, 4.69) is 20.4 Å². The summed E-state index contributed by atoms with van der Waals surface area (Å²) < 4.78 is 46.6. The molecule has 9 heteroatoms. The summed E-state index contributed by atoms with van der Waals surface area (Å²) in [6.07, 6.45) is -3.96. The third-order valence-electron chi connectivity index (χ3n) is 3.57. The quantitative estimate of drug-likeness (QED) is 0.277. The van der Waals surface area contributed by atoms with E-state index in [1.54, 1.807) is 19.2 Å². The molecular formula is C16H23F3IN3O2. The van der Waals surface area contributed by atoms with Crippen molar-refractivity contribution in [2.24, 2.45) is 4.99 Å². The van der Waals surface area contributed by atoms with Crippen LogP contribution in [0.25, 0.3) is 0 Å². The van der Waals surface area contributed by atoms with Gasteiger partial charge in [0.1, 0.15) is 5.75 Å². The van der Waals surface area contributed by atoms with Crippen molar-refractivity contribution < 1.29 is 22.6 Å². The van der Waals surface area contributed by atoms with Crippen LogP contribution < -0.4 is 15.4 Å². The van der Waals surface area contributed by atoms with Crippen LogP contribution in [0.3, 0.4) is 0 Å². The Balaban J connectivity index is 0.00000312. The zero-order valence-electron chi connectivity index (χ0n) is 14.1. The van der Waals surface area contributed by atoms with Gasteiger partial charge in [-0.25, -0.2) is 0 Å². The highest BCUT2D eigenvalue weighted by Crippen LogP contribution is 2.45. The standard InChI is InChI=1S/C16H22F3N3O2.HI/c1-3-20-15(21-8-9-23-2)22-13-10-12(13)11-6-4-5-7-14(11)24-16(17,18)19;/h4-7,12-13H,3,8-10H2,1-2H3,(H2,20,21,22);1H. The van der Waals surface area contributed by atoms with Gasteiger partial charge in [-0.2, -0.15) is 0 Å². The number of nitrogens with zero attached hydrogens (tertiary/aromatic N) is 1. The summed E-state index contributed by atoms with van der Waals surface area (Å²) in [5.41, 5.74) is 0.556. The summed E-state index contributed by atoms with van der Waals surface area (Å²) in [5.74, 6) is 0.465. The van der Waals surface area contributed by atoms with Gasteiger partial charge in [-0.15, -0.1) is 37.1 Å². The Bertz CT molecular complexity index is 570. The normalized spacial score (nSPS) is 19.8. The number of ether oxygens (including phenoxy) is 2. The van der Waals surface area contributed by atoms with Crippen molar-refractivity contribution >= 4 is 29.9 Å². The topological polar surface area (TPSA) is 54.9 Å². The molecule has 142 valence electrons. The van der Waals surface area contributed by atoms with Crippen molar-refractivity contribution in [2.45, 2.75) is 31.7 Å². The number of methoxy groups -OCH3 is 1. The zero-order chi connectivity index (χ0) is 17.6. The number of para-hydroxylation sites is 1. The highest BCUT2D eigenvalue weighted by Gasteiger charge is 2.42. The minimum absolute atomic E-state index is 0. The fourth-order valence-corrected chi connectivity index (χ4v) is 2.45. The SMILES string of the molecule is CCNC(=NCCOC)NC1CC1c1ccccc1OC(F)(F)F.I. The van der Waals surface area contributed by atoms with Gasteiger partial charge in [-0.05, 0) is 25.0 Å². The molecule has 1 aromatic carbocycles. The van der Waals surface area contributed by atoms with Gasteiger partial charge >= 0.3 is 6.36 Å². The number of nitrogens with one attached hydrogen (secondary N) is 2. The van der Waals surface area contributed by atoms with Gasteiger partial charge in [-0.1, -0.05) is 18.2 Å². The lowest BCUT2D eigenvalue weighted by atomic mass is 10.1. The number of hydrogen-bond acceptors (Lipinski definition) is 3. The third-order valence-corrected chi connectivity index (χ3v) is 3.57. The number of guanidine groups is 1. The van der Waals surface area contributed by atoms with E-state index in [1.165, 1.54) is 12.1 Å². The molecule has 5 nitrogen and oxygen atoms in total. The smallest absolute Gasteiger partial charge is 0.405 e. The molecule has 1 aromatic rings. The van der Waals surface area contributed by atoms with E-state index in [1.807, 2.05) is 6.92 Å². The predicted octanol–water partition coefficient (Wildman–Crippen LogP) is 3.26. The maximum absolute atomic E-state index is 12.5. The van der Waals surface area contributed by atoms with Gasteiger partial charge in [0.05, 0.1) is 13.2 Å². The Morgan fingerprint density at radius 2 is 2.04 bits per heavy atom. The molecule has 1 fully saturated rings. The molecule has 2 rings (SSSR count). The van der Waals surface area contributed by atoms with Crippen molar-refractivity contribution in [3.63, 3.8) is 0 Å². The molecule has 0 bridgehead atoms. The van der Waals surface area contributed by atoms with Gasteiger partial charge in [0.2, 0.25) is 0 Å². The summed E-state index contributed by atoms with van der Waals surface area (Å²) in [6.45, 7) is 3.66. The second-order valence-corrected chi connectivity index (χ2v) is 5.43. The van der Waals surface area contributed by atoms with Crippen LogP contribution >= 0.6 is 24.0 Å². The van der Waals surface area contributed by atoms with E-state index in [9.17, 15) is 13.2 Å². The average Bonchev–Trinajstić information content (AvgIpc) is 3.25. The molecule has 0 amide bonds. The molecule has 0 saturated heterocycles. The first-order valence-electron chi connectivity index (χ1n) is 7.83. The largest absolute Gasteiger partial charge is 0.573 e. The lowest BCUT2D eigenvalue weighted by Gasteiger charge is -2.14.